The van der Waals surface area contributed by atoms with Gasteiger partial charge < -0.3 is 11.3 Å². The van der Waals surface area contributed by atoms with Gasteiger partial charge in [0.2, 0.25) is 0 Å². The normalized spacial score (nSPS) is 9.83. The van der Waals surface area contributed by atoms with E-state index in [2.05, 4.69) is 0 Å². The third-order valence-electron chi connectivity index (χ3n) is 1.27. The van der Waals surface area contributed by atoms with Crippen LogP contribution in [0.3, 0.4) is 0 Å². The summed E-state index contributed by atoms with van der Waals surface area (Å²) < 4.78 is 0. The number of hydrogen-bond donors (Lipinski definition) is 0. The molecule has 0 radical (unpaired) electrons. The minimum atomic E-state index is -0.591. The second-order valence-corrected chi connectivity index (χ2v) is 2.05. The van der Waals surface area contributed by atoms with Gasteiger partial charge >= 0.3 is 51.4 Å². The predicted octanol–water partition coefficient (Wildman–Crippen LogP) is -1.17. The summed E-state index contributed by atoms with van der Waals surface area (Å²) in [6.45, 7) is 1.65. The SMILES string of the molecule is C[C@@H]([O-])c1ccccc1.[K+].[NH2-].[Ru]. The van der Waals surface area contributed by atoms with Gasteiger partial charge in [0.1, 0.15) is 0 Å². The molecule has 0 bridgehead atoms. The summed E-state index contributed by atoms with van der Waals surface area (Å²) in [5.41, 5.74) is 0.859. The van der Waals surface area contributed by atoms with Crippen molar-refractivity contribution in [3.05, 3.63) is 42.0 Å². The van der Waals surface area contributed by atoms with Crippen LogP contribution in [0.5, 0.6) is 0 Å². The van der Waals surface area contributed by atoms with Crippen LogP contribution in [0.4, 0.5) is 0 Å². The van der Waals surface area contributed by atoms with Crippen molar-refractivity contribution in [2.45, 2.75) is 13.0 Å². The average molecular weight is 277 g/mol. The number of nitrogens with two attached hydrogens (primary N) is 1. The zero-order valence-electron chi connectivity index (χ0n) is 7.30. The Bertz CT molecular complexity index is 182. The van der Waals surface area contributed by atoms with Gasteiger partial charge in [0, 0.05) is 19.5 Å². The maximum Gasteiger partial charge on any atom is 1.00 e. The molecule has 2 nitrogen and oxygen atoms in total. The minimum absolute atomic E-state index is 0. The van der Waals surface area contributed by atoms with Crippen molar-refractivity contribution in [2.24, 2.45) is 0 Å². The van der Waals surface area contributed by atoms with Gasteiger partial charge in [-0.1, -0.05) is 42.8 Å². The molecule has 0 saturated carbocycles. The average Bonchev–Trinajstić information content (AvgIpc) is 1.90. The zero-order chi connectivity index (χ0) is 6.69. The molecular weight excluding hydrogens is 266 g/mol. The van der Waals surface area contributed by atoms with Crippen molar-refractivity contribution >= 4 is 0 Å². The quantitative estimate of drug-likeness (QED) is 0.597. The summed E-state index contributed by atoms with van der Waals surface area (Å²) in [6, 6.07) is 9.36. The van der Waals surface area contributed by atoms with E-state index in [1.165, 1.54) is 0 Å². The molecule has 0 amide bonds. The van der Waals surface area contributed by atoms with Crippen LogP contribution in [0.15, 0.2) is 30.3 Å². The maximum absolute atomic E-state index is 10.7. The van der Waals surface area contributed by atoms with Crippen LogP contribution in [0.2, 0.25) is 0 Å². The Labute approximate surface area is 129 Å². The largest absolute Gasteiger partial charge is 1.00 e. The first kappa shape index (κ1) is 19.0. The van der Waals surface area contributed by atoms with Crippen LogP contribution >= 0.6 is 0 Å². The van der Waals surface area contributed by atoms with E-state index in [1.54, 1.807) is 6.92 Å². The molecule has 0 aliphatic rings. The predicted molar refractivity (Wildman–Crippen MR) is 40.1 cm³/mol. The van der Waals surface area contributed by atoms with E-state index in [0.717, 1.165) is 5.56 Å². The molecule has 1 aromatic rings. The van der Waals surface area contributed by atoms with Crippen molar-refractivity contribution in [2.75, 3.05) is 0 Å². The summed E-state index contributed by atoms with van der Waals surface area (Å²) >= 11 is 0. The van der Waals surface area contributed by atoms with E-state index in [-0.39, 0.29) is 77.0 Å². The van der Waals surface area contributed by atoms with E-state index in [9.17, 15) is 5.11 Å². The molecule has 0 heterocycles. The van der Waals surface area contributed by atoms with Gasteiger partial charge in [0.05, 0.1) is 0 Å². The molecule has 0 fully saturated rings. The van der Waals surface area contributed by atoms with E-state index >= 15 is 0 Å². The molecule has 1 atom stereocenters. The third kappa shape index (κ3) is 6.87. The summed E-state index contributed by atoms with van der Waals surface area (Å²) in [5.74, 6) is 0. The monoisotopic (exact) mass is 278 g/mol. The number of benzene rings is 1. The molecule has 0 spiro atoms. The molecule has 0 aliphatic carbocycles. The summed E-state index contributed by atoms with van der Waals surface area (Å²) in [6.07, 6.45) is -0.591. The van der Waals surface area contributed by atoms with Crippen LogP contribution in [-0.2, 0) is 19.5 Å². The summed E-state index contributed by atoms with van der Waals surface area (Å²) in [4.78, 5) is 0. The second kappa shape index (κ2) is 10.5. The number of hydrogen-bond acceptors (Lipinski definition) is 1. The van der Waals surface area contributed by atoms with E-state index < -0.39 is 6.10 Å². The fraction of sp³-hybridized carbons (Fsp3) is 0.250. The molecule has 64 valence electrons. The Hall–Kier alpha value is 1.40. The molecule has 1 aromatic carbocycles. The van der Waals surface area contributed by atoms with Crippen LogP contribution in [0.1, 0.15) is 18.6 Å². The van der Waals surface area contributed by atoms with Gasteiger partial charge in [-0.15, -0.1) is 6.10 Å². The molecule has 0 aliphatic heterocycles. The van der Waals surface area contributed by atoms with Crippen molar-refractivity contribution in [1.29, 1.82) is 0 Å². The van der Waals surface area contributed by atoms with Crippen LogP contribution in [0, 0.1) is 0 Å². The Balaban J connectivity index is -0.000000270. The Kier molecular flexibility index (Phi) is 16.6. The smallest absolute Gasteiger partial charge is 0.849 e. The van der Waals surface area contributed by atoms with Gasteiger partial charge in [0.25, 0.3) is 0 Å². The molecule has 1 rings (SSSR count). The summed E-state index contributed by atoms with van der Waals surface area (Å²) in [5, 5.41) is 10.7. The van der Waals surface area contributed by atoms with Gasteiger partial charge in [-0.05, 0) is 0 Å². The zero-order valence-corrected chi connectivity index (χ0v) is 12.2. The van der Waals surface area contributed by atoms with Gasteiger partial charge in [-0.25, -0.2) is 0 Å². The molecular formula is C8H11KNORu-. The molecule has 12 heavy (non-hydrogen) atoms. The summed E-state index contributed by atoms with van der Waals surface area (Å²) in [7, 11) is 0. The van der Waals surface area contributed by atoms with Crippen molar-refractivity contribution < 1.29 is 76.0 Å². The molecule has 0 aromatic heterocycles. The van der Waals surface area contributed by atoms with Gasteiger partial charge in [0.15, 0.2) is 0 Å². The van der Waals surface area contributed by atoms with Crippen LogP contribution < -0.4 is 56.5 Å². The fourth-order valence-corrected chi connectivity index (χ4v) is 0.724. The molecule has 2 N–H and O–H groups in total. The van der Waals surface area contributed by atoms with E-state index in [0.29, 0.717) is 0 Å². The topological polar surface area (TPSA) is 56.6 Å². The Morgan fingerprint density at radius 1 is 1.17 bits per heavy atom. The first-order valence-corrected chi connectivity index (χ1v) is 3.01. The molecule has 0 saturated heterocycles. The van der Waals surface area contributed by atoms with Gasteiger partial charge in [-0.2, -0.15) is 0 Å². The Morgan fingerprint density at radius 3 is 1.83 bits per heavy atom. The standard InChI is InChI=1S/C8H9O.K.H2N.Ru/c1-7(9)8-5-3-2-4-6-8;;;/h2-7H,1H3;;1H2;/q-1;+1;-1;/t7-;;;/m1.../s1. The van der Waals surface area contributed by atoms with Crippen LogP contribution in [-0.4, -0.2) is 0 Å². The maximum atomic E-state index is 10.7. The van der Waals surface area contributed by atoms with Crippen molar-refractivity contribution in [1.82, 2.24) is 0 Å². The fourth-order valence-electron chi connectivity index (χ4n) is 0.724. The molecule has 4 heteroatoms. The van der Waals surface area contributed by atoms with Gasteiger partial charge in [-0.3, -0.25) is 0 Å². The Morgan fingerprint density at radius 2 is 1.58 bits per heavy atom. The van der Waals surface area contributed by atoms with Crippen molar-refractivity contribution in [3.63, 3.8) is 0 Å². The third-order valence-corrected chi connectivity index (χ3v) is 1.27. The first-order valence-electron chi connectivity index (χ1n) is 3.01. The first-order chi connectivity index (χ1) is 4.30. The van der Waals surface area contributed by atoms with Crippen molar-refractivity contribution in [3.8, 4) is 0 Å². The van der Waals surface area contributed by atoms with E-state index in [4.69, 9.17) is 0 Å². The minimum Gasteiger partial charge on any atom is -0.849 e. The second-order valence-electron chi connectivity index (χ2n) is 2.05. The van der Waals surface area contributed by atoms with Crippen LogP contribution in [0.25, 0.3) is 6.15 Å². The molecule has 0 unspecified atom stereocenters. The number of rotatable bonds is 1. The van der Waals surface area contributed by atoms with E-state index in [1.807, 2.05) is 30.3 Å².